The minimum Gasteiger partial charge on any atom is -0.388 e. The fraction of sp³-hybridized carbons (Fsp3) is 0.647. The van der Waals surface area contributed by atoms with E-state index >= 15 is 0 Å². The van der Waals surface area contributed by atoms with E-state index in [0.717, 1.165) is 23.8 Å². The van der Waals surface area contributed by atoms with E-state index in [2.05, 4.69) is 6.92 Å². The zero-order chi connectivity index (χ0) is 12.8. The summed E-state index contributed by atoms with van der Waals surface area (Å²) in [5.74, 6) is 1.79. The Hall–Kier alpha value is -0.820. The lowest BCUT2D eigenvalue weighted by Crippen LogP contribution is -2.15. The van der Waals surface area contributed by atoms with Crippen molar-refractivity contribution in [3.63, 3.8) is 0 Å². The molecule has 100 valence electrons. The lowest BCUT2D eigenvalue weighted by atomic mass is 9.78. The number of hydrogen-bond donors (Lipinski definition) is 1. The van der Waals surface area contributed by atoms with E-state index in [-0.39, 0.29) is 6.10 Å². The van der Waals surface area contributed by atoms with Crippen LogP contribution in [0.15, 0.2) is 30.3 Å². The van der Waals surface area contributed by atoms with Crippen LogP contribution in [-0.2, 0) is 0 Å². The number of rotatable bonds is 5. The largest absolute Gasteiger partial charge is 0.388 e. The summed E-state index contributed by atoms with van der Waals surface area (Å²) in [6.45, 7) is 2.31. The van der Waals surface area contributed by atoms with E-state index in [1.807, 2.05) is 30.3 Å². The molecule has 0 radical (unpaired) electrons. The Balaban J connectivity index is 1.77. The lowest BCUT2D eigenvalue weighted by Gasteiger charge is -2.29. The van der Waals surface area contributed by atoms with Gasteiger partial charge in [0.2, 0.25) is 0 Å². The van der Waals surface area contributed by atoms with Gasteiger partial charge < -0.3 is 5.11 Å². The Morgan fingerprint density at radius 1 is 1.17 bits per heavy atom. The topological polar surface area (TPSA) is 20.2 Å². The summed E-state index contributed by atoms with van der Waals surface area (Å²) in [6, 6.07) is 10.1. The highest BCUT2D eigenvalue weighted by molar-refractivity contribution is 5.17. The van der Waals surface area contributed by atoms with Crippen molar-refractivity contribution in [3.05, 3.63) is 35.9 Å². The monoisotopic (exact) mass is 246 g/mol. The predicted octanol–water partition coefficient (Wildman–Crippen LogP) is 4.72. The summed E-state index contributed by atoms with van der Waals surface area (Å²) < 4.78 is 0. The molecule has 18 heavy (non-hydrogen) atoms. The lowest BCUT2D eigenvalue weighted by molar-refractivity contribution is 0.144. The molecule has 1 heteroatoms. The second-order valence-electron chi connectivity index (χ2n) is 5.81. The highest BCUT2D eigenvalue weighted by Crippen LogP contribution is 2.34. The summed E-state index contributed by atoms with van der Waals surface area (Å²) in [6.07, 6.45) is 8.75. The van der Waals surface area contributed by atoms with Gasteiger partial charge in [0.05, 0.1) is 6.10 Å². The molecule has 0 amide bonds. The van der Waals surface area contributed by atoms with Crippen LogP contribution in [0.2, 0.25) is 0 Å². The van der Waals surface area contributed by atoms with Crippen molar-refractivity contribution in [3.8, 4) is 0 Å². The molecule has 1 aromatic carbocycles. The smallest absolute Gasteiger partial charge is 0.0790 e. The van der Waals surface area contributed by atoms with Crippen molar-refractivity contribution in [1.29, 1.82) is 0 Å². The van der Waals surface area contributed by atoms with Gasteiger partial charge in [-0.05, 0) is 36.7 Å². The van der Waals surface area contributed by atoms with Crippen molar-refractivity contribution in [2.24, 2.45) is 11.8 Å². The number of benzene rings is 1. The summed E-state index contributed by atoms with van der Waals surface area (Å²) >= 11 is 0. The Morgan fingerprint density at radius 3 is 2.61 bits per heavy atom. The molecule has 1 fully saturated rings. The minimum absolute atomic E-state index is 0.270. The molecule has 1 N–H and O–H groups in total. The van der Waals surface area contributed by atoms with E-state index in [1.54, 1.807) is 0 Å². The summed E-state index contributed by atoms with van der Waals surface area (Å²) in [7, 11) is 0. The highest BCUT2D eigenvalue weighted by atomic mass is 16.3. The number of aliphatic hydroxyl groups is 1. The second kappa shape index (κ2) is 6.94. The molecule has 0 spiro atoms. The van der Waals surface area contributed by atoms with Gasteiger partial charge >= 0.3 is 0 Å². The molecule has 3 unspecified atom stereocenters. The maximum atomic E-state index is 10.2. The van der Waals surface area contributed by atoms with E-state index in [0.29, 0.717) is 0 Å². The van der Waals surface area contributed by atoms with Crippen LogP contribution < -0.4 is 0 Å². The van der Waals surface area contributed by atoms with E-state index in [9.17, 15) is 5.11 Å². The van der Waals surface area contributed by atoms with Gasteiger partial charge in [-0.25, -0.2) is 0 Å². The number of hydrogen-bond acceptors (Lipinski definition) is 1. The van der Waals surface area contributed by atoms with Gasteiger partial charge in [0, 0.05) is 0 Å². The van der Waals surface area contributed by atoms with Crippen LogP contribution in [0.25, 0.3) is 0 Å². The maximum absolute atomic E-state index is 10.2. The second-order valence-corrected chi connectivity index (χ2v) is 5.81. The van der Waals surface area contributed by atoms with Crippen LogP contribution in [0.1, 0.15) is 63.5 Å². The zero-order valence-electron chi connectivity index (χ0n) is 11.5. The van der Waals surface area contributed by atoms with Gasteiger partial charge in [0.1, 0.15) is 0 Å². The first-order chi connectivity index (χ1) is 8.79. The average Bonchev–Trinajstić information content (AvgIpc) is 2.46. The van der Waals surface area contributed by atoms with Gasteiger partial charge in [-0.2, -0.15) is 0 Å². The Labute approximate surface area is 111 Å². The van der Waals surface area contributed by atoms with Crippen LogP contribution in [-0.4, -0.2) is 5.11 Å². The quantitative estimate of drug-likeness (QED) is 0.797. The molecule has 1 nitrogen and oxygen atoms in total. The molecule has 0 bridgehead atoms. The van der Waals surface area contributed by atoms with Crippen LogP contribution in [0.5, 0.6) is 0 Å². The van der Waals surface area contributed by atoms with E-state index in [1.165, 1.54) is 38.5 Å². The Bertz CT molecular complexity index is 333. The molecule has 1 aliphatic carbocycles. The van der Waals surface area contributed by atoms with Crippen LogP contribution >= 0.6 is 0 Å². The minimum atomic E-state index is -0.270. The average molecular weight is 246 g/mol. The van der Waals surface area contributed by atoms with E-state index < -0.39 is 0 Å². The molecule has 1 aromatic rings. The summed E-state index contributed by atoms with van der Waals surface area (Å²) in [4.78, 5) is 0. The van der Waals surface area contributed by atoms with Crippen molar-refractivity contribution in [2.75, 3.05) is 0 Å². The zero-order valence-corrected chi connectivity index (χ0v) is 11.5. The Morgan fingerprint density at radius 2 is 1.89 bits per heavy atom. The predicted molar refractivity (Wildman–Crippen MR) is 76.4 cm³/mol. The molecule has 0 saturated heterocycles. The third-order valence-electron chi connectivity index (χ3n) is 4.50. The molecular formula is C17H26O. The molecule has 1 saturated carbocycles. The molecule has 0 heterocycles. The SMILES string of the molecule is CCC1CCCC(CCC(O)c2ccccc2)C1. The summed E-state index contributed by atoms with van der Waals surface area (Å²) in [5.41, 5.74) is 1.07. The molecule has 2 rings (SSSR count). The molecule has 0 aromatic heterocycles. The Kier molecular flexibility index (Phi) is 5.25. The first-order valence-corrected chi connectivity index (χ1v) is 7.52. The van der Waals surface area contributed by atoms with Gasteiger partial charge in [-0.3, -0.25) is 0 Å². The van der Waals surface area contributed by atoms with Crippen molar-refractivity contribution >= 4 is 0 Å². The van der Waals surface area contributed by atoms with E-state index in [4.69, 9.17) is 0 Å². The normalized spacial score (nSPS) is 25.9. The fourth-order valence-electron chi connectivity index (χ4n) is 3.27. The first-order valence-electron chi connectivity index (χ1n) is 7.52. The van der Waals surface area contributed by atoms with Crippen LogP contribution in [0.3, 0.4) is 0 Å². The van der Waals surface area contributed by atoms with Crippen molar-refractivity contribution in [2.45, 2.75) is 58.0 Å². The molecular weight excluding hydrogens is 220 g/mol. The van der Waals surface area contributed by atoms with Gasteiger partial charge in [-0.1, -0.05) is 62.9 Å². The van der Waals surface area contributed by atoms with Crippen LogP contribution in [0.4, 0.5) is 0 Å². The van der Waals surface area contributed by atoms with Crippen molar-refractivity contribution < 1.29 is 5.11 Å². The van der Waals surface area contributed by atoms with Crippen LogP contribution in [0, 0.1) is 11.8 Å². The summed E-state index contributed by atoms with van der Waals surface area (Å²) in [5, 5.41) is 10.2. The number of aliphatic hydroxyl groups excluding tert-OH is 1. The third-order valence-corrected chi connectivity index (χ3v) is 4.50. The van der Waals surface area contributed by atoms with Crippen molar-refractivity contribution in [1.82, 2.24) is 0 Å². The fourth-order valence-corrected chi connectivity index (χ4v) is 3.27. The van der Waals surface area contributed by atoms with Gasteiger partial charge in [-0.15, -0.1) is 0 Å². The highest BCUT2D eigenvalue weighted by Gasteiger charge is 2.21. The standard InChI is InChI=1S/C17H26O/c1-2-14-7-6-8-15(13-14)11-12-17(18)16-9-4-3-5-10-16/h3-5,9-10,14-15,17-18H,2,6-8,11-13H2,1H3. The molecule has 3 atom stereocenters. The molecule has 1 aliphatic rings. The molecule has 0 aliphatic heterocycles. The third kappa shape index (κ3) is 3.84. The van der Waals surface area contributed by atoms with Gasteiger partial charge in [0.25, 0.3) is 0 Å². The van der Waals surface area contributed by atoms with Gasteiger partial charge in [0.15, 0.2) is 0 Å². The first kappa shape index (κ1) is 13.6. The maximum Gasteiger partial charge on any atom is 0.0790 e.